The van der Waals surface area contributed by atoms with Crippen LogP contribution in [-0.2, 0) is 17.4 Å². The Hall–Kier alpha value is -3.16. The van der Waals surface area contributed by atoms with Crippen molar-refractivity contribution in [1.29, 1.82) is 0 Å². The number of hydrogen-bond acceptors (Lipinski definition) is 3. The molecule has 0 atom stereocenters. The van der Waals surface area contributed by atoms with E-state index in [1.807, 2.05) is 0 Å². The Labute approximate surface area is 145 Å². The predicted molar refractivity (Wildman–Crippen MR) is 85.7 cm³/mol. The lowest BCUT2D eigenvalue weighted by atomic mass is 10.1. The van der Waals surface area contributed by atoms with Crippen molar-refractivity contribution in [2.45, 2.75) is 12.6 Å². The number of nitrogens with zero attached hydrogens (tertiary/aromatic N) is 1. The molecule has 2 aromatic carbocycles. The molecule has 0 unspecified atom stereocenters. The molecule has 8 heteroatoms. The van der Waals surface area contributed by atoms with E-state index in [2.05, 4.69) is 10.3 Å². The number of nitrogens with one attached hydrogen (secondary N) is 1. The molecule has 0 saturated carbocycles. The van der Waals surface area contributed by atoms with E-state index in [0.29, 0.717) is 0 Å². The first-order valence-electron chi connectivity index (χ1n) is 7.47. The summed E-state index contributed by atoms with van der Waals surface area (Å²) in [7, 11) is 0. The highest BCUT2D eigenvalue weighted by Crippen LogP contribution is 2.30. The number of oxazole rings is 1. The van der Waals surface area contributed by atoms with E-state index in [4.69, 9.17) is 4.42 Å². The van der Waals surface area contributed by atoms with Crippen molar-refractivity contribution in [2.24, 2.45) is 0 Å². The predicted octanol–water partition coefficient (Wildman–Crippen LogP) is 4.68. The average molecular weight is 364 g/mol. The molecule has 1 amide bonds. The molecule has 3 aromatic rings. The molecule has 26 heavy (non-hydrogen) atoms. The Balaban J connectivity index is 1.70. The standard InChI is InChI=1S/C18H12F4N2O2/c19-15-8-13(4-5-14(15)16-9-23-10-26-16)24-17(25)7-11-2-1-3-12(6-11)18(20,21)22/h1-6,8-10H,7H2,(H,24,25). The topological polar surface area (TPSA) is 55.1 Å². The maximum absolute atomic E-state index is 14.1. The van der Waals surface area contributed by atoms with Gasteiger partial charge in [-0.1, -0.05) is 18.2 Å². The monoisotopic (exact) mass is 364 g/mol. The highest BCUT2D eigenvalue weighted by atomic mass is 19.4. The van der Waals surface area contributed by atoms with Crippen molar-refractivity contribution < 1.29 is 26.8 Å². The Kier molecular flexibility index (Phi) is 4.75. The first-order chi connectivity index (χ1) is 12.3. The molecule has 0 spiro atoms. The molecule has 0 aliphatic rings. The first-order valence-corrected chi connectivity index (χ1v) is 7.47. The minimum Gasteiger partial charge on any atom is -0.443 e. The van der Waals surface area contributed by atoms with Crippen LogP contribution in [0.2, 0.25) is 0 Å². The molecule has 0 aliphatic carbocycles. The van der Waals surface area contributed by atoms with Gasteiger partial charge in [0.05, 0.1) is 23.7 Å². The van der Waals surface area contributed by atoms with Gasteiger partial charge in [-0.05, 0) is 29.8 Å². The van der Waals surface area contributed by atoms with Gasteiger partial charge in [0.15, 0.2) is 12.2 Å². The number of hydrogen-bond donors (Lipinski definition) is 1. The summed E-state index contributed by atoms with van der Waals surface area (Å²) in [6, 6.07) is 8.47. The van der Waals surface area contributed by atoms with Crippen LogP contribution < -0.4 is 5.32 Å². The lowest BCUT2D eigenvalue weighted by Crippen LogP contribution is -2.15. The molecule has 1 heterocycles. The van der Waals surface area contributed by atoms with Gasteiger partial charge in [-0.3, -0.25) is 4.79 Å². The molecule has 0 bridgehead atoms. The minimum absolute atomic E-state index is 0.179. The number of halogens is 4. The molecule has 0 radical (unpaired) electrons. The van der Waals surface area contributed by atoms with Gasteiger partial charge in [-0.2, -0.15) is 13.2 Å². The summed E-state index contributed by atoms with van der Waals surface area (Å²) < 4.78 is 57.2. The third kappa shape index (κ3) is 4.08. The van der Waals surface area contributed by atoms with Crippen molar-refractivity contribution in [3.05, 3.63) is 72.0 Å². The van der Waals surface area contributed by atoms with Crippen molar-refractivity contribution in [3.8, 4) is 11.3 Å². The number of rotatable bonds is 4. The summed E-state index contributed by atoms with van der Waals surface area (Å²) in [5.41, 5.74) is -0.262. The summed E-state index contributed by atoms with van der Waals surface area (Å²) in [5, 5.41) is 2.46. The fraction of sp³-hybridized carbons (Fsp3) is 0.111. The molecular weight excluding hydrogens is 352 g/mol. The first kappa shape index (κ1) is 17.7. The molecule has 3 rings (SSSR count). The van der Waals surface area contributed by atoms with E-state index in [1.54, 1.807) is 0 Å². The van der Waals surface area contributed by atoms with Crippen LogP contribution in [0.5, 0.6) is 0 Å². The third-order valence-corrected chi connectivity index (χ3v) is 3.57. The van der Waals surface area contributed by atoms with Crippen LogP contribution in [0.1, 0.15) is 11.1 Å². The second-order valence-corrected chi connectivity index (χ2v) is 5.48. The van der Waals surface area contributed by atoms with Crippen molar-refractivity contribution in [2.75, 3.05) is 5.32 Å². The van der Waals surface area contributed by atoms with E-state index in [-0.39, 0.29) is 29.0 Å². The van der Waals surface area contributed by atoms with Gasteiger partial charge in [-0.25, -0.2) is 9.37 Å². The largest absolute Gasteiger partial charge is 0.443 e. The summed E-state index contributed by atoms with van der Waals surface area (Å²) >= 11 is 0. The minimum atomic E-state index is -4.48. The zero-order chi connectivity index (χ0) is 18.7. The molecule has 1 aromatic heterocycles. The molecule has 134 valence electrons. The van der Waals surface area contributed by atoms with Gasteiger partial charge < -0.3 is 9.73 Å². The second kappa shape index (κ2) is 6.99. The van der Waals surface area contributed by atoms with Crippen LogP contribution in [0, 0.1) is 5.82 Å². The van der Waals surface area contributed by atoms with E-state index >= 15 is 0 Å². The number of benzene rings is 2. The van der Waals surface area contributed by atoms with Crippen LogP contribution in [0.15, 0.2) is 59.5 Å². The highest BCUT2D eigenvalue weighted by Gasteiger charge is 2.30. The maximum atomic E-state index is 14.1. The number of carbonyl (C=O) groups is 1. The van der Waals surface area contributed by atoms with Crippen molar-refractivity contribution in [1.82, 2.24) is 4.98 Å². The highest BCUT2D eigenvalue weighted by molar-refractivity contribution is 5.92. The smallest absolute Gasteiger partial charge is 0.416 e. The normalized spacial score (nSPS) is 11.4. The van der Waals surface area contributed by atoms with E-state index in [0.717, 1.165) is 18.2 Å². The maximum Gasteiger partial charge on any atom is 0.416 e. The Morgan fingerprint density at radius 3 is 2.62 bits per heavy atom. The van der Waals surface area contributed by atoms with Gasteiger partial charge >= 0.3 is 6.18 Å². The lowest BCUT2D eigenvalue weighted by molar-refractivity contribution is -0.137. The Bertz CT molecular complexity index is 921. The summed E-state index contributed by atoms with van der Waals surface area (Å²) in [6.07, 6.45) is -2.23. The molecule has 0 aliphatic heterocycles. The van der Waals surface area contributed by atoms with Crippen LogP contribution in [0.4, 0.5) is 23.2 Å². The van der Waals surface area contributed by atoms with Crippen LogP contribution >= 0.6 is 0 Å². The van der Waals surface area contributed by atoms with Gasteiger partial charge in [0.25, 0.3) is 0 Å². The SMILES string of the molecule is O=C(Cc1cccc(C(F)(F)F)c1)Nc1ccc(-c2cnco2)c(F)c1. The lowest BCUT2D eigenvalue weighted by Gasteiger charge is -2.10. The zero-order valence-electron chi connectivity index (χ0n) is 13.2. The van der Waals surface area contributed by atoms with Gasteiger partial charge in [0, 0.05) is 5.69 Å². The fourth-order valence-electron chi connectivity index (χ4n) is 2.39. The third-order valence-electron chi connectivity index (χ3n) is 3.57. The summed E-state index contributed by atoms with van der Waals surface area (Å²) in [5.74, 6) is -0.945. The van der Waals surface area contributed by atoms with Crippen LogP contribution in [0.25, 0.3) is 11.3 Å². The van der Waals surface area contributed by atoms with E-state index < -0.39 is 23.5 Å². The molecule has 0 fully saturated rings. The average Bonchev–Trinajstić information content (AvgIpc) is 3.08. The number of anilines is 1. The Morgan fingerprint density at radius 2 is 1.96 bits per heavy atom. The second-order valence-electron chi connectivity index (χ2n) is 5.48. The van der Waals surface area contributed by atoms with Crippen LogP contribution in [0.3, 0.4) is 0 Å². The van der Waals surface area contributed by atoms with Crippen LogP contribution in [-0.4, -0.2) is 10.9 Å². The van der Waals surface area contributed by atoms with Crippen molar-refractivity contribution in [3.63, 3.8) is 0 Å². The number of carbonyl (C=O) groups excluding carboxylic acids is 1. The quantitative estimate of drug-likeness (QED) is 0.684. The number of alkyl halides is 3. The molecule has 4 nitrogen and oxygen atoms in total. The molecular formula is C18H12F4N2O2. The van der Waals surface area contributed by atoms with E-state index in [1.165, 1.54) is 36.9 Å². The zero-order valence-corrected chi connectivity index (χ0v) is 13.2. The van der Waals surface area contributed by atoms with Gasteiger partial charge in [-0.15, -0.1) is 0 Å². The summed E-state index contributed by atoms with van der Waals surface area (Å²) in [4.78, 5) is 15.7. The van der Waals surface area contributed by atoms with Gasteiger partial charge in [0.1, 0.15) is 5.82 Å². The Morgan fingerprint density at radius 1 is 1.15 bits per heavy atom. The number of amides is 1. The van der Waals surface area contributed by atoms with Crippen molar-refractivity contribution >= 4 is 11.6 Å². The summed E-state index contributed by atoms with van der Waals surface area (Å²) in [6.45, 7) is 0. The van der Waals surface area contributed by atoms with Gasteiger partial charge in [0.2, 0.25) is 5.91 Å². The number of aromatic nitrogens is 1. The fourth-order valence-corrected chi connectivity index (χ4v) is 2.39. The molecule has 1 N–H and O–H groups in total. The molecule has 0 saturated heterocycles. The van der Waals surface area contributed by atoms with E-state index in [9.17, 15) is 22.4 Å².